The van der Waals surface area contributed by atoms with Crippen molar-refractivity contribution in [2.75, 3.05) is 24.2 Å². The molecule has 7 heteroatoms. The number of carbonyl (C=O) groups excluding carboxylic acids is 1. The van der Waals surface area contributed by atoms with Gasteiger partial charge >= 0.3 is 0 Å². The van der Waals surface area contributed by atoms with Crippen LogP contribution in [-0.2, 0) is 14.8 Å². The summed E-state index contributed by atoms with van der Waals surface area (Å²) in [5.41, 5.74) is 0.645. The van der Waals surface area contributed by atoms with Gasteiger partial charge in [-0.3, -0.25) is 4.79 Å². The number of sulfonamides is 1. The van der Waals surface area contributed by atoms with Crippen LogP contribution in [-0.4, -0.2) is 42.7 Å². The number of nitrogens with one attached hydrogen (secondary N) is 1. The van der Waals surface area contributed by atoms with E-state index >= 15 is 0 Å². The molecule has 2 aliphatic rings. The number of rotatable bonds is 6. The van der Waals surface area contributed by atoms with Gasteiger partial charge in [0, 0.05) is 24.0 Å². The molecule has 27 heavy (non-hydrogen) atoms. The Kier molecular flexibility index (Phi) is 6.87. The molecule has 150 valence electrons. The molecule has 1 N–H and O–H groups in total. The van der Waals surface area contributed by atoms with Gasteiger partial charge in [0.1, 0.15) is 0 Å². The predicted octanol–water partition coefficient (Wildman–Crippen LogP) is 3.97. The maximum Gasteiger partial charge on any atom is 0.243 e. The van der Waals surface area contributed by atoms with E-state index in [1.807, 2.05) is 0 Å². The van der Waals surface area contributed by atoms with Gasteiger partial charge < -0.3 is 5.32 Å². The molecular weight excluding hydrogens is 380 g/mol. The second-order valence-electron chi connectivity index (χ2n) is 8.06. The number of nitrogens with zero attached hydrogens (tertiary/aromatic N) is 1. The molecule has 1 aliphatic heterocycles. The van der Waals surface area contributed by atoms with E-state index in [9.17, 15) is 13.2 Å². The minimum absolute atomic E-state index is 0.0267. The van der Waals surface area contributed by atoms with Crippen LogP contribution in [0.25, 0.3) is 0 Å². The lowest BCUT2D eigenvalue weighted by Gasteiger charge is -2.34. The van der Waals surface area contributed by atoms with Crippen molar-refractivity contribution in [1.82, 2.24) is 4.31 Å². The molecule has 2 fully saturated rings. The lowest BCUT2D eigenvalue weighted by Crippen LogP contribution is -2.42. The molecule has 3 rings (SSSR count). The first-order chi connectivity index (χ1) is 12.8. The third-order valence-electron chi connectivity index (χ3n) is 5.36. The summed E-state index contributed by atoms with van der Waals surface area (Å²) in [5.74, 6) is 1.17. The van der Waals surface area contributed by atoms with Gasteiger partial charge in [0.25, 0.3) is 0 Å². The van der Waals surface area contributed by atoms with Gasteiger partial charge in [0.2, 0.25) is 15.9 Å². The average Bonchev–Trinajstić information content (AvgIpc) is 3.13. The van der Waals surface area contributed by atoms with Crippen molar-refractivity contribution in [3.63, 3.8) is 0 Å². The Morgan fingerprint density at radius 1 is 1.11 bits per heavy atom. The number of anilines is 1. The first-order valence-electron chi connectivity index (χ1n) is 9.86. The molecule has 1 saturated heterocycles. The lowest BCUT2D eigenvalue weighted by atomic mass is 9.94. The van der Waals surface area contributed by atoms with E-state index in [-0.39, 0.29) is 5.91 Å². The van der Waals surface area contributed by atoms with Crippen molar-refractivity contribution in [1.29, 1.82) is 0 Å². The van der Waals surface area contributed by atoms with Crippen molar-refractivity contribution < 1.29 is 13.2 Å². The third-order valence-corrected chi connectivity index (χ3v) is 8.58. The zero-order chi connectivity index (χ0) is 19.4. The highest BCUT2D eigenvalue weighted by Crippen LogP contribution is 2.30. The first-order valence-corrected chi connectivity index (χ1v) is 12.3. The van der Waals surface area contributed by atoms with Gasteiger partial charge in [-0.2, -0.15) is 4.31 Å². The molecule has 5 nitrogen and oxygen atoms in total. The quantitative estimate of drug-likeness (QED) is 0.771. The minimum atomic E-state index is -3.48. The molecule has 0 bridgehead atoms. The highest BCUT2D eigenvalue weighted by atomic mass is 32.2. The Hall–Kier alpha value is -1.05. The molecule has 1 amide bonds. The molecule has 1 aromatic rings. The number of piperidine rings is 1. The van der Waals surface area contributed by atoms with Crippen LogP contribution in [0.1, 0.15) is 46.0 Å². The number of hydrogen-bond acceptors (Lipinski definition) is 4. The topological polar surface area (TPSA) is 66.5 Å². The van der Waals surface area contributed by atoms with E-state index in [1.165, 1.54) is 25.7 Å². The maximum absolute atomic E-state index is 12.9. The van der Waals surface area contributed by atoms with Crippen LogP contribution in [0.5, 0.6) is 0 Å². The summed E-state index contributed by atoms with van der Waals surface area (Å²) < 4.78 is 27.4. The summed E-state index contributed by atoms with van der Waals surface area (Å²) in [4.78, 5) is 12.4. The minimum Gasteiger partial charge on any atom is -0.325 e. The molecule has 1 aromatic carbocycles. The molecule has 1 heterocycles. The molecule has 0 aromatic heterocycles. The molecular formula is C20H30N2O3S2. The average molecular weight is 411 g/mol. The number of amides is 1. The van der Waals surface area contributed by atoms with Gasteiger partial charge in [0.15, 0.2) is 0 Å². The second kappa shape index (κ2) is 8.97. The van der Waals surface area contributed by atoms with E-state index in [4.69, 9.17) is 0 Å². The van der Waals surface area contributed by atoms with Gasteiger partial charge in [-0.15, -0.1) is 11.8 Å². The van der Waals surface area contributed by atoms with Gasteiger partial charge in [-0.1, -0.05) is 26.7 Å². The molecule has 1 aliphatic carbocycles. The van der Waals surface area contributed by atoms with Gasteiger partial charge in [0.05, 0.1) is 10.6 Å². The van der Waals surface area contributed by atoms with Crippen LogP contribution >= 0.6 is 11.8 Å². The fourth-order valence-electron chi connectivity index (χ4n) is 4.11. The van der Waals surface area contributed by atoms with Crippen molar-refractivity contribution >= 4 is 33.4 Å². The van der Waals surface area contributed by atoms with Crippen molar-refractivity contribution in [3.8, 4) is 0 Å². The summed E-state index contributed by atoms with van der Waals surface area (Å²) in [6.07, 6.45) is 6.01. The van der Waals surface area contributed by atoms with E-state index < -0.39 is 10.0 Å². The van der Waals surface area contributed by atoms with E-state index in [1.54, 1.807) is 40.3 Å². The number of thioether (sulfide) groups is 1. The Balaban J connectivity index is 1.58. The van der Waals surface area contributed by atoms with Crippen LogP contribution in [0.4, 0.5) is 5.69 Å². The number of carbonyl (C=O) groups is 1. The van der Waals surface area contributed by atoms with Crippen LogP contribution in [0.15, 0.2) is 29.2 Å². The fraction of sp³-hybridized carbons (Fsp3) is 0.650. The third kappa shape index (κ3) is 5.48. The van der Waals surface area contributed by atoms with Crippen molar-refractivity contribution in [3.05, 3.63) is 24.3 Å². The summed E-state index contributed by atoms with van der Waals surface area (Å²) in [7, 11) is -3.48. The SMILES string of the molecule is C[C@@H]1C[C@@H](C)CN(S(=O)(=O)c2ccc(NC(=O)CSC3CCCC3)cc2)C1. The molecule has 2 atom stereocenters. The molecule has 0 unspecified atom stereocenters. The molecule has 1 saturated carbocycles. The van der Waals surface area contributed by atoms with Crippen molar-refractivity contribution in [2.24, 2.45) is 11.8 Å². The number of benzene rings is 1. The second-order valence-corrected chi connectivity index (χ2v) is 11.3. The zero-order valence-corrected chi connectivity index (χ0v) is 17.8. The summed E-state index contributed by atoms with van der Waals surface area (Å²) in [6.45, 7) is 5.34. The van der Waals surface area contributed by atoms with Crippen LogP contribution < -0.4 is 5.32 Å². The van der Waals surface area contributed by atoms with Crippen LogP contribution in [0, 0.1) is 11.8 Å². The van der Waals surface area contributed by atoms with E-state index in [2.05, 4.69) is 19.2 Å². The Morgan fingerprint density at radius 3 is 2.30 bits per heavy atom. The monoisotopic (exact) mass is 410 g/mol. The van der Waals surface area contributed by atoms with E-state index in [0.29, 0.717) is 46.5 Å². The highest BCUT2D eigenvalue weighted by Gasteiger charge is 2.31. The Bertz CT molecular complexity index is 733. The summed E-state index contributed by atoms with van der Waals surface area (Å²) in [5, 5.41) is 3.48. The summed E-state index contributed by atoms with van der Waals surface area (Å²) >= 11 is 1.72. The van der Waals surface area contributed by atoms with Crippen LogP contribution in [0.3, 0.4) is 0 Å². The predicted molar refractivity (Wildman–Crippen MR) is 111 cm³/mol. The standard InChI is InChI=1S/C20H30N2O3S2/c1-15-11-16(2)13-22(12-15)27(24,25)19-9-7-17(8-10-19)21-20(23)14-26-18-5-3-4-6-18/h7-10,15-16,18H,3-6,11-14H2,1-2H3,(H,21,23)/t15-,16-/m1/s1. The molecule has 0 spiro atoms. The smallest absolute Gasteiger partial charge is 0.243 e. The van der Waals surface area contributed by atoms with Crippen molar-refractivity contribution in [2.45, 2.75) is 56.1 Å². The number of hydrogen-bond donors (Lipinski definition) is 1. The zero-order valence-electron chi connectivity index (χ0n) is 16.2. The highest BCUT2D eigenvalue weighted by molar-refractivity contribution is 8.00. The lowest BCUT2D eigenvalue weighted by molar-refractivity contribution is -0.113. The Morgan fingerprint density at radius 2 is 1.70 bits per heavy atom. The van der Waals surface area contributed by atoms with Gasteiger partial charge in [-0.25, -0.2) is 8.42 Å². The van der Waals surface area contributed by atoms with E-state index in [0.717, 1.165) is 6.42 Å². The van der Waals surface area contributed by atoms with Gasteiger partial charge in [-0.05, 0) is 55.4 Å². The van der Waals surface area contributed by atoms with Crippen LogP contribution in [0.2, 0.25) is 0 Å². The first kappa shape index (κ1) is 20.7. The summed E-state index contributed by atoms with van der Waals surface area (Å²) in [6, 6.07) is 6.56. The normalized spacial score (nSPS) is 24.8. The maximum atomic E-state index is 12.9. The fourth-order valence-corrected chi connectivity index (χ4v) is 6.91. The largest absolute Gasteiger partial charge is 0.325 e. The Labute approximate surface area is 167 Å². The molecule has 0 radical (unpaired) electrons.